The maximum absolute atomic E-state index is 12.3. The molecular weight excluding hydrogens is 303 g/mol. The number of nitrogens with zero attached hydrogens (tertiary/aromatic N) is 1. The lowest BCUT2D eigenvalue weighted by atomic mass is 10.3. The Morgan fingerprint density at radius 2 is 2.24 bits per heavy atom. The standard InChI is InChI=1S/C9H12Cl2N2O2S2/c1-13(6-2-3-12-5-6)17(14,15)7-4-8(10)16-9(7)11/h4,6,12H,2-3,5H2,1H3. The molecule has 0 radical (unpaired) electrons. The number of nitrogens with one attached hydrogen (secondary N) is 1. The summed E-state index contributed by atoms with van der Waals surface area (Å²) in [6.07, 6.45) is 0.811. The van der Waals surface area contributed by atoms with E-state index in [2.05, 4.69) is 5.32 Å². The predicted octanol–water partition coefficient (Wildman–Crippen LogP) is 2.04. The fourth-order valence-corrected chi connectivity index (χ4v) is 5.30. The maximum atomic E-state index is 12.3. The minimum atomic E-state index is -3.54. The second-order valence-electron chi connectivity index (χ2n) is 3.86. The van der Waals surface area contributed by atoms with Crippen LogP contribution in [0.25, 0.3) is 0 Å². The highest BCUT2D eigenvalue weighted by molar-refractivity contribution is 7.89. The lowest BCUT2D eigenvalue weighted by Crippen LogP contribution is -2.38. The summed E-state index contributed by atoms with van der Waals surface area (Å²) in [6.45, 7) is 1.51. The van der Waals surface area contributed by atoms with Gasteiger partial charge in [-0.2, -0.15) is 4.31 Å². The van der Waals surface area contributed by atoms with E-state index >= 15 is 0 Å². The lowest BCUT2D eigenvalue weighted by molar-refractivity contribution is 0.388. The first-order valence-electron chi connectivity index (χ1n) is 5.06. The molecule has 1 aromatic rings. The fraction of sp³-hybridized carbons (Fsp3) is 0.556. The Morgan fingerprint density at radius 3 is 2.71 bits per heavy atom. The van der Waals surface area contributed by atoms with Gasteiger partial charge in [-0.25, -0.2) is 8.42 Å². The van der Waals surface area contributed by atoms with Crippen LogP contribution in [-0.4, -0.2) is 38.9 Å². The van der Waals surface area contributed by atoms with E-state index in [1.54, 1.807) is 7.05 Å². The molecule has 1 N–H and O–H groups in total. The summed E-state index contributed by atoms with van der Waals surface area (Å²) >= 11 is 12.7. The van der Waals surface area contributed by atoms with Gasteiger partial charge in [0.1, 0.15) is 9.23 Å². The minimum Gasteiger partial charge on any atom is -0.315 e. The van der Waals surface area contributed by atoms with Crippen LogP contribution in [0, 0.1) is 0 Å². The predicted molar refractivity (Wildman–Crippen MR) is 70.6 cm³/mol. The lowest BCUT2D eigenvalue weighted by Gasteiger charge is -2.22. The van der Waals surface area contributed by atoms with Crippen LogP contribution in [0.3, 0.4) is 0 Å². The van der Waals surface area contributed by atoms with E-state index in [1.165, 1.54) is 10.4 Å². The first kappa shape index (κ1) is 13.6. The van der Waals surface area contributed by atoms with Crippen molar-refractivity contribution in [2.75, 3.05) is 20.1 Å². The number of hydrogen-bond acceptors (Lipinski definition) is 4. The molecule has 0 aromatic carbocycles. The van der Waals surface area contributed by atoms with Gasteiger partial charge in [0, 0.05) is 19.6 Å². The zero-order valence-electron chi connectivity index (χ0n) is 9.11. The smallest absolute Gasteiger partial charge is 0.245 e. The highest BCUT2D eigenvalue weighted by Crippen LogP contribution is 2.36. The average Bonchev–Trinajstić information content (AvgIpc) is 2.86. The largest absolute Gasteiger partial charge is 0.315 e. The third-order valence-corrected chi connectivity index (χ3v) is 6.49. The van der Waals surface area contributed by atoms with Crippen LogP contribution < -0.4 is 5.32 Å². The van der Waals surface area contributed by atoms with E-state index in [1.807, 2.05) is 0 Å². The van der Waals surface area contributed by atoms with Crippen molar-refractivity contribution < 1.29 is 8.42 Å². The highest BCUT2D eigenvalue weighted by Gasteiger charge is 2.32. The summed E-state index contributed by atoms with van der Waals surface area (Å²) in [5, 5.41) is 3.13. The number of sulfonamides is 1. The van der Waals surface area contributed by atoms with Crippen LogP contribution in [0.2, 0.25) is 8.67 Å². The van der Waals surface area contributed by atoms with E-state index in [-0.39, 0.29) is 15.3 Å². The SMILES string of the molecule is CN(C1CCNC1)S(=O)(=O)c1cc(Cl)sc1Cl. The molecule has 1 aromatic heterocycles. The van der Waals surface area contributed by atoms with Crippen LogP contribution in [0.5, 0.6) is 0 Å². The van der Waals surface area contributed by atoms with E-state index in [4.69, 9.17) is 23.2 Å². The normalized spacial score (nSPS) is 21.3. The summed E-state index contributed by atoms with van der Waals surface area (Å²) in [7, 11) is -1.97. The molecule has 1 aliphatic rings. The van der Waals surface area contributed by atoms with Gasteiger partial charge < -0.3 is 5.32 Å². The van der Waals surface area contributed by atoms with Crippen molar-refractivity contribution in [3.05, 3.63) is 14.7 Å². The van der Waals surface area contributed by atoms with E-state index in [0.717, 1.165) is 24.3 Å². The average molecular weight is 315 g/mol. The molecule has 1 aliphatic heterocycles. The number of rotatable bonds is 3. The van der Waals surface area contributed by atoms with Crippen LogP contribution in [0.4, 0.5) is 0 Å². The van der Waals surface area contributed by atoms with Crippen molar-refractivity contribution in [3.63, 3.8) is 0 Å². The van der Waals surface area contributed by atoms with Gasteiger partial charge in [0.15, 0.2) is 0 Å². The molecule has 0 aliphatic carbocycles. The first-order valence-corrected chi connectivity index (χ1v) is 8.08. The Labute approximate surface area is 115 Å². The van der Waals surface area contributed by atoms with Gasteiger partial charge in [-0.1, -0.05) is 23.2 Å². The molecule has 0 bridgehead atoms. The molecule has 0 amide bonds. The van der Waals surface area contributed by atoms with Crippen LogP contribution in [-0.2, 0) is 10.0 Å². The van der Waals surface area contributed by atoms with Crippen molar-refractivity contribution in [1.82, 2.24) is 9.62 Å². The monoisotopic (exact) mass is 314 g/mol. The Kier molecular flexibility index (Phi) is 4.02. The maximum Gasteiger partial charge on any atom is 0.245 e. The zero-order chi connectivity index (χ0) is 12.6. The molecule has 2 heterocycles. The van der Waals surface area contributed by atoms with E-state index in [0.29, 0.717) is 10.9 Å². The van der Waals surface area contributed by atoms with Gasteiger partial charge in [-0.05, 0) is 19.0 Å². The molecule has 1 unspecified atom stereocenters. The molecule has 96 valence electrons. The Morgan fingerprint density at radius 1 is 1.53 bits per heavy atom. The van der Waals surface area contributed by atoms with Gasteiger partial charge in [0.2, 0.25) is 10.0 Å². The molecule has 2 rings (SSSR count). The Bertz CT molecular complexity index is 509. The summed E-state index contributed by atoms with van der Waals surface area (Å²) in [6, 6.07) is 1.39. The van der Waals surface area contributed by atoms with Crippen molar-refractivity contribution in [3.8, 4) is 0 Å². The summed E-state index contributed by atoms with van der Waals surface area (Å²) in [5.41, 5.74) is 0. The fourth-order valence-electron chi connectivity index (χ4n) is 1.80. The second kappa shape index (κ2) is 5.03. The Hall–Kier alpha value is 0.150. The van der Waals surface area contributed by atoms with Gasteiger partial charge >= 0.3 is 0 Å². The van der Waals surface area contributed by atoms with Crippen molar-refractivity contribution in [2.24, 2.45) is 0 Å². The molecule has 17 heavy (non-hydrogen) atoms. The second-order valence-corrected chi connectivity index (χ2v) is 8.11. The summed E-state index contributed by atoms with van der Waals surface area (Å²) in [5.74, 6) is 0. The van der Waals surface area contributed by atoms with Crippen molar-refractivity contribution >= 4 is 44.6 Å². The van der Waals surface area contributed by atoms with Crippen LogP contribution >= 0.6 is 34.5 Å². The molecule has 0 saturated carbocycles. The summed E-state index contributed by atoms with van der Waals surface area (Å²) in [4.78, 5) is 0.101. The van der Waals surface area contributed by atoms with Gasteiger partial charge in [-0.3, -0.25) is 0 Å². The third-order valence-electron chi connectivity index (χ3n) is 2.83. The molecule has 1 atom stereocenters. The molecule has 4 nitrogen and oxygen atoms in total. The Balaban J connectivity index is 2.32. The third kappa shape index (κ3) is 2.62. The van der Waals surface area contributed by atoms with E-state index < -0.39 is 10.0 Å². The topological polar surface area (TPSA) is 49.4 Å². The van der Waals surface area contributed by atoms with Gasteiger partial charge in [0.05, 0.1) is 4.34 Å². The number of hydrogen-bond donors (Lipinski definition) is 1. The number of likely N-dealkylation sites (N-methyl/N-ethyl adjacent to an activating group) is 1. The minimum absolute atomic E-state index is 0.0188. The molecule has 1 saturated heterocycles. The first-order chi connectivity index (χ1) is 7.93. The summed E-state index contributed by atoms with van der Waals surface area (Å²) < 4.78 is 26.6. The van der Waals surface area contributed by atoms with Crippen molar-refractivity contribution in [1.29, 1.82) is 0 Å². The molecule has 0 spiro atoms. The van der Waals surface area contributed by atoms with Crippen LogP contribution in [0.1, 0.15) is 6.42 Å². The quantitative estimate of drug-likeness (QED) is 0.928. The highest BCUT2D eigenvalue weighted by atomic mass is 35.5. The van der Waals surface area contributed by atoms with Gasteiger partial charge in [-0.15, -0.1) is 11.3 Å². The molecule has 1 fully saturated rings. The van der Waals surface area contributed by atoms with Crippen molar-refractivity contribution in [2.45, 2.75) is 17.4 Å². The molecule has 8 heteroatoms. The zero-order valence-corrected chi connectivity index (χ0v) is 12.3. The van der Waals surface area contributed by atoms with Gasteiger partial charge in [0.25, 0.3) is 0 Å². The number of halogens is 2. The van der Waals surface area contributed by atoms with Crippen LogP contribution in [0.15, 0.2) is 11.0 Å². The van der Waals surface area contributed by atoms with E-state index in [9.17, 15) is 8.42 Å². The molecular formula is C9H12Cl2N2O2S2. The number of thiophene rings is 1.